The van der Waals surface area contributed by atoms with E-state index in [0.29, 0.717) is 19.5 Å². The van der Waals surface area contributed by atoms with E-state index < -0.39 is 42.1 Å². The van der Waals surface area contributed by atoms with Gasteiger partial charge in [0, 0.05) is 30.7 Å². The van der Waals surface area contributed by atoms with Crippen LogP contribution < -0.4 is 31.2 Å². The van der Waals surface area contributed by atoms with Crippen molar-refractivity contribution in [3.8, 4) is 0 Å². The molecule has 7 atom stereocenters. The molecule has 5 amide bonds. The van der Waals surface area contributed by atoms with Crippen molar-refractivity contribution in [2.24, 2.45) is 11.8 Å². The van der Waals surface area contributed by atoms with Gasteiger partial charge in [0.1, 0.15) is 30.1 Å². The SMILES string of the molecule is COC(=O)N[C@H](C(=O)NC(=O)[C@@H]1CCCN1c1ccc([C@@H]2CC[C@@H](c3ccc(C4=CC=CC5NN([C@H]6CCCN6C(=O)[C@@H](NC(=O)OC)C(C)C)C=C45)cc3)N2c2ccc(F)cc2)cc1)C(C)C. The van der Waals surface area contributed by atoms with Gasteiger partial charge in [-0.2, -0.15) is 0 Å². The predicted molar refractivity (Wildman–Crippen MR) is 257 cm³/mol. The van der Waals surface area contributed by atoms with Crippen LogP contribution in [-0.2, 0) is 23.9 Å². The van der Waals surface area contributed by atoms with Gasteiger partial charge in [0.05, 0.1) is 32.3 Å². The number of allylic oxidation sites excluding steroid dienone is 2. The van der Waals surface area contributed by atoms with E-state index in [4.69, 9.17) is 4.74 Å². The van der Waals surface area contributed by atoms with Gasteiger partial charge in [-0.05, 0) is 115 Å². The first-order valence-electron chi connectivity index (χ1n) is 23.8. The fraction of sp³-hybridized carbons (Fsp3) is 0.442. The lowest BCUT2D eigenvalue weighted by Gasteiger charge is -2.35. The third kappa shape index (κ3) is 9.96. The highest BCUT2D eigenvalue weighted by Crippen LogP contribution is 2.48. The number of anilines is 2. The molecule has 8 rings (SSSR count). The van der Waals surface area contributed by atoms with Crippen molar-refractivity contribution in [1.29, 1.82) is 0 Å². The molecule has 3 aromatic rings. The molecule has 0 radical (unpaired) electrons. The summed E-state index contributed by atoms with van der Waals surface area (Å²) >= 11 is 0. The average molecular weight is 931 g/mol. The van der Waals surface area contributed by atoms with Crippen LogP contribution in [-0.4, -0.2) is 97.5 Å². The van der Waals surface area contributed by atoms with E-state index in [0.717, 1.165) is 71.3 Å². The summed E-state index contributed by atoms with van der Waals surface area (Å²) in [6.45, 7) is 8.63. The summed E-state index contributed by atoms with van der Waals surface area (Å²) < 4.78 is 23.9. The number of methoxy groups -OCH3 is 2. The van der Waals surface area contributed by atoms with Crippen LogP contribution in [0.25, 0.3) is 5.57 Å². The molecule has 360 valence electrons. The van der Waals surface area contributed by atoms with Gasteiger partial charge in [0.25, 0.3) is 0 Å². The second kappa shape index (κ2) is 20.7. The largest absolute Gasteiger partial charge is 0.453 e. The molecular weight excluding hydrogens is 868 g/mol. The summed E-state index contributed by atoms with van der Waals surface area (Å²) in [4.78, 5) is 70.8. The number of amides is 5. The quantitative estimate of drug-likeness (QED) is 0.137. The van der Waals surface area contributed by atoms with Crippen molar-refractivity contribution >= 4 is 46.9 Å². The van der Waals surface area contributed by atoms with Crippen molar-refractivity contribution in [3.05, 3.63) is 125 Å². The number of nitrogens with zero attached hydrogens (tertiary/aromatic N) is 4. The number of hydrogen-bond donors (Lipinski definition) is 4. The molecule has 0 saturated carbocycles. The number of likely N-dealkylation sites (tertiary alicyclic amines) is 1. The Hall–Kier alpha value is -6.68. The zero-order valence-corrected chi connectivity index (χ0v) is 39.6. The Labute approximate surface area is 397 Å². The topological polar surface area (TPSA) is 165 Å². The average Bonchev–Trinajstić information content (AvgIpc) is 4.18. The van der Waals surface area contributed by atoms with Gasteiger partial charge < -0.3 is 34.8 Å². The fourth-order valence-electron chi connectivity index (χ4n) is 10.4. The van der Waals surface area contributed by atoms with Crippen LogP contribution in [0.4, 0.5) is 25.4 Å². The van der Waals surface area contributed by atoms with Crippen LogP contribution in [0.2, 0.25) is 0 Å². The summed E-state index contributed by atoms with van der Waals surface area (Å²) in [5.74, 6) is -1.81. The standard InChI is InChI=1S/C52H63FN8O7/c1-31(2)46(54-51(65)67-5)49(63)56-48(62)44-12-8-28-58(44)37-22-18-35(19-23-37)43-27-26-42(61(43)38-24-20-36(53)21-25-38)34-16-14-33(15-17-34)39-10-7-11-41-40(39)30-60(57-41)45-13-9-29-59(45)50(64)47(32(3)4)55-52(66)68-6/h7,10-11,14-25,30-32,41-47,57H,8-9,12-13,26-29H2,1-6H3,(H,54,65)(H,55,66)(H,56,62,63)/t41?,42-,43-,44-,45-,46-,47-/m0/s1. The molecule has 1 unspecified atom stereocenters. The van der Waals surface area contributed by atoms with Crippen LogP contribution in [0.1, 0.15) is 95.0 Å². The van der Waals surface area contributed by atoms with Crippen molar-refractivity contribution < 1.29 is 37.8 Å². The smallest absolute Gasteiger partial charge is 0.407 e. The molecular formula is C52H63FN8O7. The van der Waals surface area contributed by atoms with Crippen molar-refractivity contribution in [3.63, 3.8) is 0 Å². The first-order chi connectivity index (χ1) is 32.8. The van der Waals surface area contributed by atoms with E-state index in [2.05, 4.69) is 91.8 Å². The lowest BCUT2D eigenvalue weighted by molar-refractivity contribution is -0.138. The second-order valence-electron chi connectivity index (χ2n) is 18.8. The van der Waals surface area contributed by atoms with E-state index in [1.54, 1.807) is 13.8 Å². The minimum atomic E-state index is -0.926. The number of fused-ring (bicyclic) bond motifs is 1. The Morgan fingerprint density at radius 1 is 0.721 bits per heavy atom. The summed E-state index contributed by atoms with van der Waals surface area (Å²) in [7, 11) is 2.52. The number of hydrazine groups is 1. The number of carbonyl (C=O) groups is 5. The highest BCUT2D eigenvalue weighted by atomic mass is 19.1. The molecule has 16 heteroatoms. The van der Waals surface area contributed by atoms with Crippen molar-refractivity contribution in [1.82, 2.24) is 31.3 Å². The van der Waals surface area contributed by atoms with E-state index >= 15 is 0 Å². The Morgan fingerprint density at radius 3 is 1.93 bits per heavy atom. The molecule has 4 heterocycles. The van der Waals surface area contributed by atoms with Gasteiger partial charge >= 0.3 is 12.2 Å². The Bertz CT molecular complexity index is 2440. The molecule has 68 heavy (non-hydrogen) atoms. The fourth-order valence-corrected chi connectivity index (χ4v) is 10.4. The first-order valence-corrected chi connectivity index (χ1v) is 23.8. The van der Waals surface area contributed by atoms with Gasteiger partial charge in [-0.15, -0.1) is 0 Å². The number of carbonyl (C=O) groups excluding carboxylic acids is 5. The number of hydrogen-bond acceptors (Lipinski definition) is 11. The highest BCUT2D eigenvalue weighted by molar-refractivity contribution is 6.02. The highest BCUT2D eigenvalue weighted by Gasteiger charge is 2.42. The van der Waals surface area contributed by atoms with Crippen molar-refractivity contribution in [2.75, 3.05) is 37.1 Å². The molecule has 15 nitrogen and oxygen atoms in total. The van der Waals surface area contributed by atoms with E-state index in [1.807, 2.05) is 52.9 Å². The molecule has 3 aromatic carbocycles. The number of rotatable bonds is 13. The molecule has 0 spiro atoms. The zero-order valence-electron chi connectivity index (χ0n) is 39.6. The Morgan fingerprint density at radius 2 is 1.31 bits per heavy atom. The number of nitrogens with one attached hydrogen (secondary N) is 4. The first kappa shape index (κ1) is 47.8. The van der Waals surface area contributed by atoms with Crippen LogP contribution in [0.5, 0.6) is 0 Å². The molecule has 4 aliphatic heterocycles. The second-order valence-corrected chi connectivity index (χ2v) is 18.8. The van der Waals surface area contributed by atoms with Gasteiger partial charge in [0.2, 0.25) is 17.7 Å². The maximum atomic E-state index is 14.3. The van der Waals surface area contributed by atoms with E-state index in [-0.39, 0.29) is 47.9 Å². The number of ether oxygens (including phenoxy) is 2. The maximum absolute atomic E-state index is 14.3. The molecule has 4 N–H and O–H groups in total. The van der Waals surface area contributed by atoms with E-state index in [9.17, 15) is 28.4 Å². The Balaban J connectivity index is 0.977. The van der Waals surface area contributed by atoms with Gasteiger partial charge in [-0.1, -0.05) is 82.3 Å². The number of alkyl carbamates (subject to hydrolysis) is 2. The van der Waals surface area contributed by atoms with Crippen molar-refractivity contribution in [2.45, 2.75) is 109 Å². The van der Waals surface area contributed by atoms with Gasteiger partial charge in [-0.25, -0.2) is 19.4 Å². The summed E-state index contributed by atoms with van der Waals surface area (Å²) in [5, 5.41) is 9.84. The zero-order chi connectivity index (χ0) is 48.2. The maximum Gasteiger partial charge on any atom is 0.407 e. The summed E-state index contributed by atoms with van der Waals surface area (Å²) in [6, 6.07) is 21.4. The number of halogens is 1. The lowest BCUT2D eigenvalue weighted by Crippen LogP contribution is -2.56. The number of benzene rings is 3. The Kier molecular flexibility index (Phi) is 14.5. The third-order valence-electron chi connectivity index (χ3n) is 13.9. The van der Waals surface area contributed by atoms with E-state index in [1.165, 1.54) is 26.4 Å². The van der Waals surface area contributed by atoms with Crippen LogP contribution in [0.3, 0.4) is 0 Å². The molecule has 1 aliphatic carbocycles. The molecule has 3 saturated heterocycles. The third-order valence-corrected chi connectivity index (χ3v) is 13.9. The summed E-state index contributed by atoms with van der Waals surface area (Å²) in [6.07, 6.45) is 11.6. The molecule has 3 fully saturated rings. The normalized spacial score (nSPS) is 23.0. The minimum Gasteiger partial charge on any atom is -0.453 e. The minimum absolute atomic E-state index is 0.00786. The molecule has 0 bridgehead atoms. The predicted octanol–water partition coefficient (Wildman–Crippen LogP) is 7.26. The monoisotopic (exact) mass is 930 g/mol. The molecule has 5 aliphatic rings. The van der Waals surface area contributed by atoms with Gasteiger partial charge in [-0.3, -0.25) is 24.7 Å². The van der Waals surface area contributed by atoms with Crippen LogP contribution >= 0.6 is 0 Å². The van der Waals surface area contributed by atoms with Crippen LogP contribution in [0, 0.1) is 17.7 Å². The molecule has 0 aromatic heterocycles. The van der Waals surface area contributed by atoms with Gasteiger partial charge in [0.15, 0.2) is 0 Å². The number of imide groups is 1. The lowest BCUT2D eigenvalue weighted by atomic mass is 9.89. The van der Waals surface area contributed by atoms with Crippen LogP contribution in [0.15, 0.2) is 103 Å². The summed E-state index contributed by atoms with van der Waals surface area (Å²) in [5.41, 5.74) is 10.9.